The van der Waals surface area contributed by atoms with Gasteiger partial charge < -0.3 is 11.1 Å². The van der Waals surface area contributed by atoms with Crippen molar-refractivity contribution in [2.24, 2.45) is 0 Å². The summed E-state index contributed by atoms with van der Waals surface area (Å²) in [6, 6.07) is 13.6. The van der Waals surface area contributed by atoms with Gasteiger partial charge in [0.1, 0.15) is 5.82 Å². The number of halogens is 1. The number of para-hydroxylation sites is 1. The minimum absolute atomic E-state index is 0.196. The first-order valence-electron chi connectivity index (χ1n) is 6.18. The Balaban J connectivity index is 1.78. The molecule has 0 spiro atoms. The van der Waals surface area contributed by atoms with Crippen molar-refractivity contribution in [1.29, 1.82) is 0 Å². The third-order valence-electron chi connectivity index (χ3n) is 2.63. The van der Waals surface area contributed by atoms with E-state index in [0.29, 0.717) is 17.9 Å². The number of nitrogen functional groups attached to an aromatic ring is 1. The summed E-state index contributed by atoms with van der Waals surface area (Å²) in [5.41, 5.74) is 6.53. The Labute approximate surface area is 121 Å². The number of nitrogens with one attached hydrogen (secondary N) is 1. The lowest BCUT2D eigenvalue weighted by atomic mass is 10.3. The molecule has 0 saturated carbocycles. The van der Waals surface area contributed by atoms with Gasteiger partial charge in [-0.25, -0.2) is 4.39 Å². The van der Waals surface area contributed by atoms with Crippen LogP contribution in [-0.4, -0.2) is 11.7 Å². The Morgan fingerprint density at radius 2 is 1.85 bits per heavy atom. The second-order valence-corrected chi connectivity index (χ2v) is 5.36. The van der Waals surface area contributed by atoms with E-state index < -0.39 is 5.82 Å². The highest BCUT2D eigenvalue weighted by Gasteiger charge is 2.06. The first-order valence-corrected chi connectivity index (χ1v) is 7.16. The third kappa shape index (κ3) is 4.28. The maximum Gasteiger partial charge on any atom is 0.225 e. The molecule has 0 aliphatic heterocycles. The molecule has 2 aromatic rings. The Bertz CT molecular complexity index is 587. The van der Waals surface area contributed by atoms with E-state index in [1.807, 2.05) is 24.3 Å². The van der Waals surface area contributed by atoms with Gasteiger partial charge in [0.15, 0.2) is 0 Å². The van der Waals surface area contributed by atoms with Crippen LogP contribution >= 0.6 is 11.8 Å². The fourth-order valence-corrected chi connectivity index (χ4v) is 2.45. The number of benzene rings is 2. The summed E-state index contributed by atoms with van der Waals surface area (Å²) in [6.45, 7) is 0. The van der Waals surface area contributed by atoms with Crippen molar-refractivity contribution in [2.45, 2.75) is 11.3 Å². The number of rotatable bonds is 5. The smallest absolute Gasteiger partial charge is 0.225 e. The average Bonchev–Trinajstić information content (AvgIpc) is 2.44. The van der Waals surface area contributed by atoms with Crippen molar-refractivity contribution in [3.8, 4) is 0 Å². The van der Waals surface area contributed by atoms with Gasteiger partial charge in [-0.15, -0.1) is 11.8 Å². The van der Waals surface area contributed by atoms with Crippen molar-refractivity contribution in [3.63, 3.8) is 0 Å². The largest absolute Gasteiger partial charge is 0.399 e. The van der Waals surface area contributed by atoms with E-state index >= 15 is 0 Å². The fraction of sp³-hybridized carbons (Fsp3) is 0.133. The van der Waals surface area contributed by atoms with Crippen molar-refractivity contribution in [3.05, 3.63) is 54.3 Å². The molecule has 2 aromatic carbocycles. The quantitative estimate of drug-likeness (QED) is 0.654. The highest BCUT2D eigenvalue weighted by Crippen LogP contribution is 2.20. The molecular weight excluding hydrogens is 275 g/mol. The molecule has 3 nitrogen and oxygen atoms in total. The molecule has 3 N–H and O–H groups in total. The molecule has 0 saturated heterocycles. The summed E-state index contributed by atoms with van der Waals surface area (Å²) in [4.78, 5) is 12.8. The highest BCUT2D eigenvalue weighted by molar-refractivity contribution is 7.99. The van der Waals surface area contributed by atoms with Crippen LogP contribution in [-0.2, 0) is 4.79 Å². The van der Waals surface area contributed by atoms with Crippen LogP contribution in [0.2, 0.25) is 0 Å². The predicted molar refractivity (Wildman–Crippen MR) is 81.2 cm³/mol. The minimum Gasteiger partial charge on any atom is -0.399 e. The van der Waals surface area contributed by atoms with Gasteiger partial charge in [0.2, 0.25) is 5.91 Å². The molecule has 0 fully saturated rings. The van der Waals surface area contributed by atoms with Gasteiger partial charge in [-0.1, -0.05) is 12.1 Å². The zero-order chi connectivity index (χ0) is 14.4. The van der Waals surface area contributed by atoms with E-state index in [0.717, 1.165) is 4.90 Å². The molecule has 0 aliphatic carbocycles. The van der Waals surface area contributed by atoms with E-state index in [4.69, 9.17) is 5.73 Å². The molecule has 0 bridgehead atoms. The Morgan fingerprint density at radius 1 is 1.15 bits per heavy atom. The summed E-state index contributed by atoms with van der Waals surface area (Å²) in [7, 11) is 0. The number of carbonyl (C=O) groups excluding carboxylic acids is 1. The normalized spacial score (nSPS) is 10.2. The van der Waals surface area contributed by atoms with E-state index in [2.05, 4.69) is 5.32 Å². The zero-order valence-corrected chi connectivity index (χ0v) is 11.6. The number of hydrogen-bond donors (Lipinski definition) is 2. The van der Waals surface area contributed by atoms with E-state index in [1.54, 1.807) is 30.0 Å². The number of carbonyl (C=O) groups is 1. The number of amides is 1. The number of nitrogens with two attached hydrogens (primary N) is 1. The van der Waals surface area contributed by atoms with Crippen LogP contribution in [0.25, 0.3) is 0 Å². The molecular formula is C15H15FN2OS. The average molecular weight is 290 g/mol. The van der Waals surface area contributed by atoms with Crippen LogP contribution in [0, 0.1) is 5.82 Å². The van der Waals surface area contributed by atoms with Gasteiger partial charge in [0.25, 0.3) is 0 Å². The molecule has 0 heterocycles. The number of thioether (sulfide) groups is 1. The van der Waals surface area contributed by atoms with E-state index in [9.17, 15) is 9.18 Å². The second kappa shape index (κ2) is 6.96. The Hall–Kier alpha value is -2.01. The molecule has 5 heteroatoms. The topological polar surface area (TPSA) is 55.1 Å². The third-order valence-corrected chi connectivity index (χ3v) is 3.64. The van der Waals surface area contributed by atoms with E-state index in [1.165, 1.54) is 6.07 Å². The second-order valence-electron chi connectivity index (χ2n) is 4.20. The van der Waals surface area contributed by atoms with Gasteiger partial charge >= 0.3 is 0 Å². The lowest BCUT2D eigenvalue weighted by molar-refractivity contribution is -0.115. The monoisotopic (exact) mass is 290 g/mol. The summed E-state index contributed by atoms with van der Waals surface area (Å²) in [5, 5.41) is 2.56. The fourth-order valence-electron chi connectivity index (χ4n) is 1.60. The first kappa shape index (κ1) is 14.4. The molecule has 20 heavy (non-hydrogen) atoms. The predicted octanol–water partition coefficient (Wildman–Crippen LogP) is 3.53. The van der Waals surface area contributed by atoms with Gasteiger partial charge in [0, 0.05) is 22.8 Å². The molecule has 0 aliphatic rings. The molecule has 0 unspecified atom stereocenters. The van der Waals surface area contributed by atoms with Crippen molar-refractivity contribution < 1.29 is 9.18 Å². The highest BCUT2D eigenvalue weighted by atomic mass is 32.2. The first-order chi connectivity index (χ1) is 9.65. The number of hydrogen-bond acceptors (Lipinski definition) is 3. The van der Waals surface area contributed by atoms with Crippen molar-refractivity contribution in [1.82, 2.24) is 0 Å². The Kier molecular flexibility index (Phi) is 5.01. The van der Waals surface area contributed by atoms with Crippen LogP contribution < -0.4 is 11.1 Å². The minimum atomic E-state index is -0.424. The summed E-state index contributed by atoms with van der Waals surface area (Å²) in [6.07, 6.45) is 0.323. The number of anilines is 2. The maximum atomic E-state index is 13.3. The summed E-state index contributed by atoms with van der Waals surface area (Å²) < 4.78 is 13.3. The molecule has 0 aromatic heterocycles. The van der Waals surface area contributed by atoms with Crippen LogP contribution in [0.5, 0.6) is 0 Å². The molecule has 0 radical (unpaired) electrons. The molecule has 2 rings (SSSR count). The summed E-state index contributed by atoms with van der Waals surface area (Å²) >= 11 is 1.56. The van der Waals surface area contributed by atoms with Crippen molar-refractivity contribution in [2.75, 3.05) is 16.8 Å². The van der Waals surface area contributed by atoms with Crippen LogP contribution in [0.15, 0.2) is 53.4 Å². The Morgan fingerprint density at radius 3 is 2.55 bits per heavy atom. The molecule has 104 valence electrons. The van der Waals surface area contributed by atoms with Crippen LogP contribution in [0.3, 0.4) is 0 Å². The van der Waals surface area contributed by atoms with Crippen LogP contribution in [0.4, 0.5) is 15.8 Å². The standard InChI is InChI=1S/C15H15FN2OS/c16-13-3-1-2-4-14(13)18-15(19)9-10-20-12-7-5-11(17)6-8-12/h1-8H,9-10,17H2,(H,18,19). The van der Waals surface area contributed by atoms with Gasteiger partial charge in [0.05, 0.1) is 5.69 Å². The van der Waals surface area contributed by atoms with Crippen molar-refractivity contribution >= 4 is 29.0 Å². The van der Waals surface area contributed by atoms with Gasteiger partial charge in [-0.2, -0.15) is 0 Å². The van der Waals surface area contributed by atoms with Crippen LogP contribution in [0.1, 0.15) is 6.42 Å². The lowest BCUT2D eigenvalue weighted by Gasteiger charge is -2.06. The van der Waals surface area contributed by atoms with Gasteiger partial charge in [-0.3, -0.25) is 4.79 Å². The molecule has 1 amide bonds. The zero-order valence-electron chi connectivity index (χ0n) is 10.8. The summed E-state index contributed by atoms with van der Waals surface area (Å²) in [5.74, 6) is 0.00888. The lowest BCUT2D eigenvalue weighted by Crippen LogP contribution is -2.13. The molecule has 0 atom stereocenters. The SMILES string of the molecule is Nc1ccc(SCCC(=O)Nc2ccccc2F)cc1. The maximum absolute atomic E-state index is 13.3. The van der Waals surface area contributed by atoms with Gasteiger partial charge in [-0.05, 0) is 36.4 Å². The van der Waals surface area contributed by atoms with E-state index in [-0.39, 0.29) is 11.6 Å².